The van der Waals surface area contributed by atoms with E-state index in [2.05, 4.69) is 5.16 Å². The summed E-state index contributed by atoms with van der Waals surface area (Å²) in [4.78, 5) is 0. The van der Waals surface area contributed by atoms with Crippen molar-refractivity contribution in [1.29, 1.82) is 0 Å². The van der Waals surface area contributed by atoms with Gasteiger partial charge in [0.2, 0.25) is 0 Å². The third-order valence-corrected chi connectivity index (χ3v) is 1.36. The molecule has 0 atom stereocenters. The summed E-state index contributed by atoms with van der Waals surface area (Å²) < 4.78 is 23.9. The van der Waals surface area contributed by atoms with Gasteiger partial charge in [-0.05, 0) is 0 Å². The minimum Gasteiger partial charge on any atom is -0.411 e. The Morgan fingerprint density at radius 3 is 2.10 bits per heavy atom. The molecule has 0 rings (SSSR count). The van der Waals surface area contributed by atoms with Gasteiger partial charge in [0.05, 0.1) is 12.4 Å². The van der Waals surface area contributed by atoms with Crippen LogP contribution in [0.5, 0.6) is 0 Å². The van der Waals surface area contributed by atoms with Gasteiger partial charge in [0.25, 0.3) is 0 Å². The van der Waals surface area contributed by atoms with Crippen LogP contribution >= 0.6 is 0 Å². The van der Waals surface area contributed by atoms with Crippen molar-refractivity contribution in [3.8, 4) is 0 Å². The summed E-state index contributed by atoms with van der Waals surface area (Å²) in [6.07, 6.45) is 0. The standard InChI is InChI=1S/C6H11F2NO/c1-6(2,4-8)5(3-7)9-10/h10H,3-4H2,1-2H3/b9-5-. The zero-order valence-corrected chi connectivity index (χ0v) is 6.06. The maximum absolute atomic E-state index is 12.0. The Bertz CT molecular complexity index is 134. The smallest absolute Gasteiger partial charge is 0.131 e. The van der Waals surface area contributed by atoms with Crippen molar-refractivity contribution >= 4 is 5.71 Å². The number of nitrogens with zero attached hydrogens (tertiary/aromatic N) is 1. The van der Waals surface area contributed by atoms with Crippen LogP contribution < -0.4 is 0 Å². The fourth-order valence-corrected chi connectivity index (χ4v) is 0.420. The first-order valence-electron chi connectivity index (χ1n) is 2.92. The molecule has 0 unspecified atom stereocenters. The molecule has 0 aliphatic rings. The highest BCUT2D eigenvalue weighted by molar-refractivity contribution is 5.90. The van der Waals surface area contributed by atoms with E-state index in [0.717, 1.165) is 0 Å². The first-order valence-corrected chi connectivity index (χ1v) is 2.92. The molecule has 4 heteroatoms. The zero-order valence-electron chi connectivity index (χ0n) is 6.06. The first-order chi connectivity index (χ1) is 4.58. The van der Waals surface area contributed by atoms with E-state index in [1.54, 1.807) is 0 Å². The Morgan fingerprint density at radius 1 is 1.50 bits per heavy atom. The van der Waals surface area contributed by atoms with E-state index in [1.807, 2.05) is 0 Å². The van der Waals surface area contributed by atoms with Gasteiger partial charge in [-0.2, -0.15) is 0 Å². The van der Waals surface area contributed by atoms with E-state index in [9.17, 15) is 8.78 Å². The van der Waals surface area contributed by atoms with Crippen LogP contribution in [0, 0.1) is 5.41 Å². The molecular weight excluding hydrogens is 140 g/mol. The van der Waals surface area contributed by atoms with Gasteiger partial charge in [-0.25, -0.2) is 4.39 Å². The van der Waals surface area contributed by atoms with E-state index < -0.39 is 18.8 Å². The maximum atomic E-state index is 12.0. The van der Waals surface area contributed by atoms with Gasteiger partial charge in [-0.15, -0.1) is 0 Å². The molecule has 0 spiro atoms. The fraction of sp³-hybridized carbons (Fsp3) is 0.833. The third-order valence-electron chi connectivity index (χ3n) is 1.36. The maximum Gasteiger partial charge on any atom is 0.131 e. The van der Waals surface area contributed by atoms with Gasteiger partial charge in [0, 0.05) is 5.41 Å². The lowest BCUT2D eigenvalue weighted by molar-refractivity contribution is 0.284. The van der Waals surface area contributed by atoms with Gasteiger partial charge in [-0.3, -0.25) is 4.39 Å². The first kappa shape index (κ1) is 9.33. The van der Waals surface area contributed by atoms with Crippen LogP contribution in [0.25, 0.3) is 0 Å². The molecule has 0 saturated heterocycles. The molecule has 0 bridgehead atoms. The summed E-state index contributed by atoms with van der Waals surface area (Å²) in [6, 6.07) is 0. The molecule has 1 N–H and O–H groups in total. The van der Waals surface area contributed by atoms with Gasteiger partial charge in [0.1, 0.15) is 6.67 Å². The molecule has 0 aromatic rings. The highest BCUT2D eigenvalue weighted by atomic mass is 19.1. The number of oxime groups is 1. The lowest BCUT2D eigenvalue weighted by Crippen LogP contribution is -2.28. The van der Waals surface area contributed by atoms with E-state index in [1.165, 1.54) is 13.8 Å². The van der Waals surface area contributed by atoms with Gasteiger partial charge in [-0.1, -0.05) is 19.0 Å². The number of alkyl halides is 2. The molecule has 60 valence electrons. The van der Waals surface area contributed by atoms with Crippen molar-refractivity contribution in [2.45, 2.75) is 13.8 Å². The van der Waals surface area contributed by atoms with E-state index >= 15 is 0 Å². The molecule has 0 aromatic heterocycles. The van der Waals surface area contributed by atoms with E-state index in [0.29, 0.717) is 0 Å². The predicted molar refractivity (Wildman–Crippen MR) is 35.0 cm³/mol. The van der Waals surface area contributed by atoms with Crippen LogP contribution in [0.15, 0.2) is 5.16 Å². The predicted octanol–water partition coefficient (Wildman–Crippen LogP) is 1.78. The highest BCUT2D eigenvalue weighted by Gasteiger charge is 2.25. The molecule has 0 heterocycles. The largest absolute Gasteiger partial charge is 0.411 e. The Labute approximate surface area is 58.5 Å². The lowest BCUT2D eigenvalue weighted by Gasteiger charge is -2.18. The summed E-state index contributed by atoms with van der Waals surface area (Å²) >= 11 is 0. The molecule has 0 amide bonds. The average Bonchev–Trinajstić information content (AvgIpc) is 1.90. The van der Waals surface area contributed by atoms with Gasteiger partial charge in [0.15, 0.2) is 0 Å². The molecule has 10 heavy (non-hydrogen) atoms. The number of hydrogen-bond acceptors (Lipinski definition) is 2. The molecule has 0 aliphatic heterocycles. The summed E-state index contributed by atoms with van der Waals surface area (Å²) in [7, 11) is 0. The number of halogens is 2. The van der Waals surface area contributed by atoms with Crippen LogP contribution in [-0.2, 0) is 0 Å². The minimum absolute atomic E-state index is 0.157. The van der Waals surface area contributed by atoms with Crippen molar-refractivity contribution in [3.63, 3.8) is 0 Å². The summed E-state index contributed by atoms with van der Waals surface area (Å²) in [6.45, 7) is 1.31. The van der Waals surface area contributed by atoms with Crippen molar-refractivity contribution in [3.05, 3.63) is 0 Å². The molecule has 0 aromatic carbocycles. The molecule has 2 nitrogen and oxygen atoms in total. The quantitative estimate of drug-likeness (QED) is 0.372. The summed E-state index contributed by atoms with van der Waals surface area (Å²) in [5.41, 5.74) is -1.14. The minimum atomic E-state index is -0.983. The van der Waals surface area contributed by atoms with Crippen molar-refractivity contribution in [2.75, 3.05) is 13.3 Å². The lowest BCUT2D eigenvalue weighted by atomic mass is 9.90. The average molecular weight is 151 g/mol. The second-order valence-corrected chi connectivity index (χ2v) is 2.70. The van der Waals surface area contributed by atoms with E-state index in [-0.39, 0.29) is 5.71 Å². The normalized spacial score (nSPS) is 13.8. The molecule has 0 saturated carbocycles. The van der Waals surface area contributed by atoms with Crippen LogP contribution in [-0.4, -0.2) is 24.3 Å². The van der Waals surface area contributed by atoms with Crippen LogP contribution in [0.2, 0.25) is 0 Å². The monoisotopic (exact) mass is 151 g/mol. The Hall–Kier alpha value is -0.670. The SMILES string of the molecule is CC(C)(CF)/C(CF)=N\O. The topological polar surface area (TPSA) is 32.6 Å². The second kappa shape index (κ2) is 3.49. The Morgan fingerprint density at radius 2 is 2.00 bits per heavy atom. The Kier molecular flexibility index (Phi) is 3.25. The summed E-state index contributed by atoms with van der Waals surface area (Å²) in [5, 5.41) is 10.8. The number of rotatable bonds is 3. The van der Waals surface area contributed by atoms with Crippen LogP contribution in [0.3, 0.4) is 0 Å². The van der Waals surface area contributed by atoms with Crippen molar-refractivity contribution in [1.82, 2.24) is 0 Å². The highest BCUT2D eigenvalue weighted by Crippen LogP contribution is 2.18. The number of hydrogen-bond donors (Lipinski definition) is 1. The fourth-order valence-electron chi connectivity index (χ4n) is 0.420. The molecule has 0 aliphatic carbocycles. The Balaban J connectivity index is 4.28. The van der Waals surface area contributed by atoms with Crippen LogP contribution in [0.4, 0.5) is 8.78 Å². The molecule has 0 radical (unpaired) electrons. The molecular formula is C6H11F2NO. The third kappa shape index (κ3) is 1.93. The zero-order chi connectivity index (χ0) is 8.20. The summed E-state index contributed by atoms with van der Waals surface area (Å²) in [5.74, 6) is 0. The van der Waals surface area contributed by atoms with Gasteiger partial charge < -0.3 is 5.21 Å². The van der Waals surface area contributed by atoms with Crippen molar-refractivity contribution in [2.24, 2.45) is 10.6 Å². The van der Waals surface area contributed by atoms with E-state index in [4.69, 9.17) is 5.21 Å². The van der Waals surface area contributed by atoms with Crippen molar-refractivity contribution < 1.29 is 14.0 Å². The second-order valence-electron chi connectivity index (χ2n) is 2.70. The van der Waals surface area contributed by atoms with Crippen LogP contribution in [0.1, 0.15) is 13.8 Å². The van der Waals surface area contributed by atoms with Gasteiger partial charge >= 0.3 is 0 Å². The molecule has 0 fully saturated rings.